The Morgan fingerprint density at radius 1 is 1.15 bits per heavy atom. The van der Waals surface area contributed by atoms with Crippen LogP contribution in [0.1, 0.15) is 18.4 Å². The summed E-state index contributed by atoms with van der Waals surface area (Å²) < 4.78 is 31.6. The topological polar surface area (TPSA) is 41.6 Å². The van der Waals surface area contributed by atoms with Crippen LogP contribution < -0.4 is 10.1 Å². The van der Waals surface area contributed by atoms with E-state index in [4.69, 9.17) is 4.74 Å². The van der Waals surface area contributed by atoms with Gasteiger partial charge in [-0.1, -0.05) is 12.1 Å². The molecule has 26 heavy (non-hydrogen) atoms. The average molecular weight is 360 g/mol. The number of rotatable bonds is 4. The third kappa shape index (κ3) is 4.50. The van der Waals surface area contributed by atoms with Crippen molar-refractivity contribution in [1.82, 2.24) is 4.90 Å². The molecule has 2 aromatic rings. The quantitative estimate of drug-likeness (QED) is 0.875. The van der Waals surface area contributed by atoms with Gasteiger partial charge in [-0.3, -0.25) is 0 Å². The fraction of sp³-hybridized carbons (Fsp3) is 0.350. The largest absolute Gasteiger partial charge is 0.494 e. The lowest BCUT2D eigenvalue weighted by molar-refractivity contribution is 0.182. The van der Waals surface area contributed by atoms with Crippen LogP contribution in [-0.4, -0.2) is 31.1 Å². The number of piperidine rings is 1. The predicted molar refractivity (Wildman–Crippen MR) is 96.4 cm³/mol. The number of amides is 2. The minimum Gasteiger partial charge on any atom is -0.494 e. The average Bonchev–Trinajstić information content (AvgIpc) is 2.63. The molecule has 6 heteroatoms. The molecule has 0 aromatic heterocycles. The molecule has 0 atom stereocenters. The zero-order valence-corrected chi connectivity index (χ0v) is 14.7. The maximum absolute atomic E-state index is 13.3. The van der Waals surface area contributed by atoms with Crippen molar-refractivity contribution < 1.29 is 18.3 Å². The number of carbonyl (C=O) groups is 1. The number of hydrogen-bond acceptors (Lipinski definition) is 2. The Kier molecular flexibility index (Phi) is 5.71. The first-order valence-corrected chi connectivity index (χ1v) is 8.69. The number of benzene rings is 2. The van der Waals surface area contributed by atoms with Gasteiger partial charge in [0.2, 0.25) is 0 Å². The third-order valence-electron chi connectivity index (χ3n) is 4.72. The number of likely N-dealkylation sites (tertiary alicyclic amines) is 1. The highest BCUT2D eigenvalue weighted by Crippen LogP contribution is 2.27. The molecule has 3 rings (SSSR count). The molecule has 138 valence electrons. The van der Waals surface area contributed by atoms with Crippen molar-refractivity contribution >= 4 is 11.7 Å². The van der Waals surface area contributed by atoms with Crippen molar-refractivity contribution in [2.75, 3.05) is 25.5 Å². The monoisotopic (exact) mass is 360 g/mol. The summed E-state index contributed by atoms with van der Waals surface area (Å²) in [6.07, 6.45) is 2.55. The second-order valence-electron chi connectivity index (χ2n) is 6.54. The Balaban J connectivity index is 1.54. The fourth-order valence-electron chi connectivity index (χ4n) is 3.30. The highest BCUT2D eigenvalue weighted by Gasteiger charge is 2.23. The lowest BCUT2D eigenvalue weighted by atomic mass is 9.90. The summed E-state index contributed by atoms with van der Waals surface area (Å²) in [6, 6.07) is 10.5. The van der Waals surface area contributed by atoms with Crippen LogP contribution in [0.15, 0.2) is 42.5 Å². The van der Waals surface area contributed by atoms with Crippen LogP contribution in [-0.2, 0) is 6.42 Å². The number of halogens is 2. The van der Waals surface area contributed by atoms with Crippen molar-refractivity contribution in [2.24, 2.45) is 5.92 Å². The summed E-state index contributed by atoms with van der Waals surface area (Å²) in [5.74, 6) is 0.0890. The lowest BCUT2D eigenvalue weighted by Crippen LogP contribution is -2.41. The first kappa shape index (κ1) is 18.2. The second-order valence-corrected chi connectivity index (χ2v) is 6.54. The summed E-state index contributed by atoms with van der Waals surface area (Å²) in [5.41, 5.74) is 1.43. The number of hydrogen-bond donors (Lipinski definition) is 1. The van der Waals surface area contributed by atoms with E-state index in [0.29, 0.717) is 30.4 Å². The standard InChI is InChI=1S/C20H22F2N2O2/c1-26-19-13-17(22)5-6-18(19)23-20(25)24-9-7-14(8-10-24)11-15-3-2-4-16(21)12-15/h2-6,12-14H,7-11H2,1H3,(H,23,25). The minimum atomic E-state index is -0.419. The molecular formula is C20H22F2N2O2. The van der Waals surface area contributed by atoms with Crippen LogP contribution in [0, 0.1) is 17.6 Å². The van der Waals surface area contributed by atoms with Crippen molar-refractivity contribution in [3.05, 3.63) is 59.7 Å². The Bertz CT molecular complexity index is 774. The first-order valence-electron chi connectivity index (χ1n) is 8.69. The van der Waals surface area contributed by atoms with Gasteiger partial charge in [-0.15, -0.1) is 0 Å². The van der Waals surface area contributed by atoms with E-state index >= 15 is 0 Å². The Hall–Kier alpha value is -2.63. The van der Waals surface area contributed by atoms with Crippen molar-refractivity contribution in [3.63, 3.8) is 0 Å². The van der Waals surface area contributed by atoms with E-state index in [9.17, 15) is 13.6 Å². The molecule has 1 heterocycles. The van der Waals surface area contributed by atoms with Gasteiger partial charge in [-0.05, 0) is 55.0 Å². The van der Waals surface area contributed by atoms with Crippen LogP contribution in [0.4, 0.5) is 19.3 Å². The molecule has 2 aromatic carbocycles. The number of nitrogens with zero attached hydrogens (tertiary/aromatic N) is 1. The molecule has 1 fully saturated rings. The molecule has 1 aliphatic heterocycles. The molecule has 0 spiro atoms. The van der Waals surface area contributed by atoms with Crippen LogP contribution >= 0.6 is 0 Å². The molecule has 1 N–H and O–H groups in total. The maximum atomic E-state index is 13.3. The van der Waals surface area contributed by atoms with Gasteiger partial charge < -0.3 is 15.0 Å². The van der Waals surface area contributed by atoms with E-state index in [-0.39, 0.29) is 11.8 Å². The number of ether oxygens (including phenoxy) is 1. The van der Waals surface area contributed by atoms with Crippen molar-refractivity contribution in [2.45, 2.75) is 19.3 Å². The molecular weight excluding hydrogens is 338 g/mol. The van der Waals surface area contributed by atoms with Crippen LogP contribution in [0.25, 0.3) is 0 Å². The van der Waals surface area contributed by atoms with Crippen LogP contribution in [0.5, 0.6) is 5.75 Å². The Morgan fingerprint density at radius 3 is 2.58 bits per heavy atom. The van der Waals surface area contributed by atoms with Crippen molar-refractivity contribution in [3.8, 4) is 5.75 Å². The zero-order valence-electron chi connectivity index (χ0n) is 14.7. The smallest absolute Gasteiger partial charge is 0.321 e. The molecule has 4 nitrogen and oxygen atoms in total. The SMILES string of the molecule is COc1cc(F)ccc1NC(=O)N1CCC(Cc2cccc(F)c2)CC1. The molecule has 1 saturated heterocycles. The van der Waals surface area contributed by atoms with E-state index in [2.05, 4.69) is 5.32 Å². The zero-order chi connectivity index (χ0) is 18.5. The first-order chi connectivity index (χ1) is 12.5. The molecule has 0 unspecified atom stereocenters. The highest BCUT2D eigenvalue weighted by atomic mass is 19.1. The van der Waals surface area contributed by atoms with Gasteiger partial charge in [-0.25, -0.2) is 13.6 Å². The fourth-order valence-corrected chi connectivity index (χ4v) is 3.30. The van der Waals surface area contributed by atoms with E-state index in [1.54, 1.807) is 17.0 Å². The molecule has 1 aliphatic rings. The van der Waals surface area contributed by atoms with Gasteiger partial charge in [0.15, 0.2) is 0 Å². The van der Waals surface area contributed by atoms with Gasteiger partial charge >= 0.3 is 6.03 Å². The van der Waals surface area contributed by atoms with E-state index in [0.717, 1.165) is 24.8 Å². The molecule has 0 saturated carbocycles. The van der Waals surface area contributed by atoms with Gasteiger partial charge in [0.05, 0.1) is 12.8 Å². The number of carbonyl (C=O) groups excluding carboxylic acids is 1. The van der Waals surface area contributed by atoms with E-state index in [1.165, 1.54) is 31.4 Å². The minimum absolute atomic E-state index is 0.215. The third-order valence-corrected chi connectivity index (χ3v) is 4.72. The van der Waals surface area contributed by atoms with Gasteiger partial charge in [-0.2, -0.15) is 0 Å². The molecule has 2 amide bonds. The van der Waals surface area contributed by atoms with Gasteiger partial charge in [0.1, 0.15) is 17.4 Å². The summed E-state index contributed by atoms with van der Waals surface area (Å²) in [6.45, 7) is 1.27. The Labute approximate surface area is 151 Å². The van der Waals surface area contributed by atoms with Gasteiger partial charge in [0, 0.05) is 19.2 Å². The Morgan fingerprint density at radius 2 is 1.88 bits per heavy atom. The molecule has 0 bridgehead atoms. The van der Waals surface area contributed by atoms with E-state index < -0.39 is 5.82 Å². The summed E-state index contributed by atoms with van der Waals surface area (Å²) in [7, 11) is 1.43. The number of urea groups is 1. The summed E-state index contributed by atoms with van der Waals surface area (Å²) in [5, 5.41) is 2.78. The van der Waals surface area contributed by atoms with Crippen LogP contribution in [0.2, 0.25) is 0 Å². The number of methoxy groups -OCH3 is 1. The molecule has 0 aliphatic carbocycles. The second kappa shape index (κ2) is 8.17. The normalized spacial score (nSPS) is 15.0. The summed E-state index contributed by atoms with van der Waals surface area (Å²) in [4.78, 5) is 14.2. The number of anilines is 1. The lowest BCUT2D eigenvalue weighted by Gasteiger charge is -2.32. The van der Waals surface area contributed by atoms with Crippen molar-refractivity contribution in [1.29, 1.82) is 0 Å². The predicted octanol–water partition coefficient (Wildman–Crippen LogP) is 4.46. The maximum Gasteiger partial charge on any atom is 0.321 e. The number of nitrogens with one attached hydrogen (secondary N) is 1. The van der Waals surface area contributed by atoms with Crippen LogP contribution in [0.3, 0.4) is 0 Å². The van der Waals surface area contributed by atoms with Gasteiger partial charge in [0.25, 0.3) is 0 Å². The summed E-state index contributed by atoms with van der Waals surface area (Å²) >= 11 is 0. The van der Waals surface area contributed by atoms with E-state index in [1.807, 2.05) is 6.07 Å². The molecule has 0 radical (unpaired) electrons. The highest BCUT2D eigenvalue weighted by molar-refractivity contribution is 5.91.